The number of aryl methyl sites for hydroxylation is 2. The van der Waals surface area contributed by atoms with Gasteiger partial charge in [-0.3, -0.25) is 14.3 Å². The van der Waals surface area contributed by atoms with Crippen molar-refractivity contribution in [2.24, 2.45) is 7.05 Å². The van der Waals surface area contributed by atoms with Crippen LogP contribution in [0.2, 0.25) is 0 Å². The number of phenolic OH excluding ortho intramolecular Hbond substituents is 1. The van der Waals surface area contributed by atoms with Crippen LogP contribution in [0.15, 0.2) is 33.9 Å². The van der Waals surface area contributed by atoms with Crippen LogP contribution >= 0.6 is 0 Å². The lowest BCUT2D eigenvalue weighted by atomic mass is 10.2. The molecule has 118 valence electrons. The quantitative estimate of drug-likeness (QED) is 0.688. The van der Waals surface area contributed by atoms with E-state index in [0.717, 1.165) is 6.42 Å². The van der Waals surface area contributed by atoms with Gasteiger partial charge in [-0.15, -0.1) is 0 Å². The SMILES string of the molecule is Cn1c(=O)[nH]c(=O)c2c1nc1n2CCCN1c1ccccc1O. The number of aromatic amines is 1. The molecular weight excluding hydrogens is 298 g/mol. The van der Waals surface area contributed by atoms with Gasteiger partial charge in [0.05, 0.1) is 5.69 Å². The maximum Gasteiger partial charge on any atom is 0.329 e. The molecule has 4 rings (SSSR count). The number of aromatic nitrogens is 4. The van der Waals surface area contributed by atoms with Gasteiger partial charge in [0.2, 0.25) is 5.95 Å². The van der Waals surface area contributed by atoms with Gasteiger partial charge in [-0.1, -0.05) is 12.1 Å². The number of nitrogens with zero attached hydrogens (tertiary/aromatic N) is 4. The predicted molar refractivity (Wildman–Crippen MR) is 85.3 cm³/mol. The van der Waals surface area contributed by atoms with Crippen molar-refractivity contribution in [1.29, 1.82) is 0 Å². The van der Waals surface area contributed by atoms with Crippen LogP contribution in [0.4, 0.5) is 11.6 Å². The van der Waals surface area contributed by atoms with Gasteiger partial charge in [0.1, 0.15) is 5.75 Å². The van der Waals surface area contributed by atoms with Crippen molar-refractivity contribution < 1.29 is 5.11 Å². The predicted octanol–water partition coefficient (Wildman–Crippen LogP) is 0.671. The Morgan fingerprint density at radius 1 is 1.22 bits per heavy atom. The molecule has 3 aromatic rings. The Morgan fingerprint density at radius 3 is 2.78 bits per heavy atom. The number of benzene rings is 1. The molecule has 0 spiro atoms. The molecule has 0 bridgehead atoms. The number of para-hydroxylation sites is 2. The van der Waals surface area contributed by atoms with Gasteiger partial charge in [-0.2, -0.15) is 4.98 Å². The molecule has 0 radical (unpaired) electrons. The molecule has 0 fully saturated rings. The third kappa shape index (κ3) is 1.88. The number of H-pyrrole nitrogens is 1. The molecule has 0 saturated heterocycles. The zero-order chi connectivity index (χ0) is 16.1. The summed E-state index contributed by atoms with van der Waals surface area (Å²) in [5, 5.41) is 10.1. The molecule has 1 aliphatic heterocycles. The first-order valence-corrected chi connectivity index (χ1v) is 7.33. The highest BCUT2D eigenvalue weighted by atomic mass is 16.3. The Labute approximate surface area is 130 Å². The zero-order valence-electron chi connectivity index (χ0n) is 12.5. The number of imidazole rings is 1. The fraction of sp³-hybridized carbons (Fsp3) is 0.267. The Kier molecular flexibility index (Phi) is 2.80. The summed E-state index contributed by atoms with van der Waals surface area (Å²) in [6, 6.07) is 6.99. The maximum absolute atomic E-state index is 12.2. The number of hydrogen-bond donors (Lipinski definition) is 2. The van der Waals surface area contributed by atoms with Gasteiger partial charge in [-0.25, -0.2) is 4.79 Å². The van der Waals surface area contributed by atoms with Crippen LogP contribution in [0.25, 0.3) is 11.2 Å². The highest BCUT2D eigenvalue weighted by Gasteiger charge is 2.26. The van der Waals surface area contributed by atoms with E-state index in [2.05, 4.69) is 9.97 Å². The van der Waals surface area contributed by atoms with Crippen LogP contribution in [0.3, 0.4) is 0 Å². The van der Waals surface area contributed by atoms with Crippen LogP contribution in [0, 0.1) is 0 Å². The average molecular weight is 313 g/mol. The van der Waals surface area contributed by atoms with E-state index >= 15 is 0 Å². The van der Waals surface area contributed by atoms with Crippen LogP contribution in [0.5, 0.6) is 5.75 Å². The molecule has 23 heavy (non-hydrogen) atoms. The monoisotopic (exact) mass is 313 g/mol. The normalized spacial score (nSPS) is 14.2. The number of fused-ring (bicyclic) bond motifs is 3. The summed E-state index contributed by atoms with van der Waals surface area (Å²) in [6.45, 7) is 1.31. The lowest BCUT2D eigenvalue weighted by molar-refractivity contribution is 0.473. The summed E-state index contributed by atoms with van der Waals surface area (Å²) in [7, 11) is 1.57. The lowest BCUT2D eigenvalue weighted by Gasteiger charge is -2.29. The van der Waals surface area contributed by atoms with Crippen LogP contribution < -0.4 is 16.1 Å². The van der Waals surface area contributed by atoms with E-state index in [-0.39, 0.29) is 5.75 Å². The van der Waals surface area contributed by atoms with E-state index < -0.39 is 11.2 Å². The lowest BCUT2D eigenvalue weighted by Crippen LogP contribution is -2.31. The minimum Gasteiger partial charge on any atom is -0.506 e. The van der Waals surface area contributed by atoms with Crippen molar-refractivity contribution in [3.63, 3.8) is 0 Å². The number of anilines is 2. The molecule has 0 unspecified atom stereocenters. The number of hydrogen-bond acceptors (Lipinski definition) is 5. The third-order valence-electron chi connectivity index (χ3n) is 4.16. The highest BCUT2D eigenvalue weighted by Crippen LogP contribution is 2.35. The molecular formula is C15H15N5O3. The van der Waals surface area contributed by atoms with Crippen LogP contribution in [-0.2, 0) is 13.6 Å². The topological polar surface area (TPSA) is 96.2 Å². The number of rotatable bonds is 1. The zero-order valence-corrected chi connectivity index (χ0v) is 12.5. The molecule has 2 N–H and O–H groups in total. The van der Waals surface area contributed by atoms with Crippen molar-refractivity contribution in [1.82, 2.24) is 19.1 Å². The largest absolute Gasteiger partial charge is 0.506 e. The van der Waals surface area contributed by atoms with Crippen molar-refractivity contribution in [3.8, 4) is 5.75 Å². The molecule has 1 aromatic carbocycles. The molecule has 0 saturated carbocycles. The van der Waals surface area contributed by atoms with Gasteiger partial charge >= 0.3 is 5.69 Å². The smallest absolute Gasteiger partial charge is 0.329 e. The van der Waals surface area contributed by atoms with Gasteiger partial charge in [0.25, 0.3) is 5.56 Å². The molecule has 0 atom stereocenters. The van der Waals surface area contributed by atoms with E-state index in [9.17, 15) is 14.7 Å². The molecule has 1 aliphatic rings. The maximum atomic E-state index is 12.2. The highest BCUT2D eigenvalue weighted by molar-refractivity contribution is 5.77. The summed E-state index contributed by atoms with van der Waals surface area (Å²) >= 11 is 0. The van der Waals surface area contributed by atoms with Crippen molar-refractivity contribution in [2.75, 3.05) is 11.4 Å². The van der Waals surface area contributed by atoms with Crippen LogP contribution in [-0.4, -0.2) is 30.8 Å². The fourth-order valence-electron chi connectivity index (χ4n) is 3.05. The standard InChI is InChI=1S/C15H15N5O3/c1-18-12-11(13(22)17-15(18)23)20-8-4-7-19(14(20)16-12)9-5-2-3-6-10(9)21/h2-3,5-6,21H,4,7-8H2,1H3,(H,17,22,23). The van der Waals surface area contributed by atoms with Gasteiger partial charge in [0.15, 0.2) is 11.2 Å². The number of phenols is 1. The minimum atomic E-state index is -0.493. The van der Waals surface area contributed by atoms with E-state index in [0.29, 0.717) is 35.9 Å². The first-order valence-electron chi connectivity index (χ1n) is 7.33. The van der Waals surface area contributed by atoms with Crippen molar-refractivity contribution >= 4 is 22.8 Å². The number of aromatic hydroxyl groups is 1. The van der Waals surface area contributed by atoms with Crippen molar-refractivity contribution in [2.45, 2.75) is 13.0 Å². The second-order valence-electron chi connectivity index (χ2n) is 5.55. The molecule has 0 aliphatic carbocycles. The summed E-state index contributed by atoms with van der Waals surface area (Å²) in [4.78, 5) is 32.6. The Hall–Kier alpha value is -3.03. The number of nitrogens with one attached hydrogen (secondary N) is 1. The average Bonchev–Trinajstić information content (AvgIpc) is 2.93. The molecule has 2 aromatic heterocycles. The summed E-state index contributed by atoms with van der Waals surface area (Å²) in [6.07, 6.45) is 0.801. The summed E-state index contributed by atoms with van der Waals surface area (Å²) in [5.41, 5.74) is 0.413. The van der Waals surface area contributed by atoms with Gasteiger partial charge in [0, 0.05) is 20.1 Å². The first kappa shape index (κ1) is 13.6. The van der Waals surface area contributed by atoms with E-state index in [1.807, 2.05) is 11.0 Å². The molecule has 8 nitrogen and oxygen atoms in total. The van der Waals surface area contributed by atoms with Gasteiger partial charge in [-0.05, 0) is 18.6 Å². The third-order valence-corrected chi connectivity index (χ3v) is 4.16. The van der Waals surface area contributed by atoms with Crippen molar-refractivity contribution in [3.05, 3.63) is 45.1 Å². The first-order chi connectivity index (χ1) is 11.1. The molecule has 0 amide bonds. The van der Waals surface area contributed by atoms with Crippen LogP contribution in [0.1, 0.15) is 6.42 Å². The second kappa shape index (κ2) is 4.73. The van der Waals surface area contributed by atoms with E-state index in [4.69, 9.17) is 0 Å². The molecule has 3 heterocycles. The Bertz CT molecular complexity index is 1030. The van der Waals surface area contributed by atoms with E-state index in [1.165, 1.54) is 4.57 Å². The Morgan fingerprint density at radius 2 is 2.00 bits per heavy atom. The second-order valence-corrected chi connectivity index (χ2v) is 5.55. The fourth-order valence-corrected chi connectivity index (χ4v) is 3.05. The Balaban J connectivity index is 2.03. The molecule has 8 heteroatoms. The minimum absolute atomic E-state index is 0.149. The van der Waals surface area contributed by atoms with Gasteiger partial charge < -0.3 is 14.6 Å². The summed E-state index contributed by atoms with van der Waals surface area (Å²) < 4.78 is 3.12. The summed E-state index contributed by atoms with van der Waals surface area (Å²) in [5.74, 6) is 0.704. The van der Waals surface area contributed by atoms with E-state index in [1.54, 1.807) is 29.8 Å².